The van der Waals surface area contributed by atoms with Crippen LogP contribution in [-0.2, 0) is 0 Å². The van der Waals surface area contributed by atoms with E-state index < -0.39 is 17.5 Å². The number of likely N-dealkylation sites (tertiary alicyclic amines) is 1. The average molecular weight is 395 g/mol. The van der Waals surface area contributed by atoms with E-state index in [1.807, 2.05) is 24.3 Å². The summed E-state index contributed by atoms with van der Waals surface area (Å²) in [4.78, 5) is 14.8. The first-order valence-electron chi connectivity index (χ1n) is 8.80. The number of halogens is 3. The zero-order valence-electron chi connectivity index (χ0n) is 15.0. The van der Waals surface area contributed by atoms with Crippen LogP contribution in [0.5, 0.6) is 5.75 Å². The molecule has 27 heavy (non-hydrogen) atoms. The minimum absolute atomic E-state index is 0.0218. The molecular weight excluding hydrogens is 374 g/mol. The number of carbonyl (C=O) groups excluding carboxylic acids is 1. The highest BCUT2D eigenvalue weighted by atomic mass is 35.5. The smallest absolute Gasteiger partial charge is 0.252 e. The van der Waals surface area contributed by atoms with E-state index in [2.05, 4.69) is 10.2 Å². The number of nitrogens with zero attached hydrogens (tertiary/aromatic N) is 1. The predicted octanol–water partition coefficient (Wildman–Crippen LogP) is 4.19. The fourth-order valence-electron chi connectivity index (χ4n) is 3.32. The van der Waals surface area contributed by atoms with Gasteiger partial charge < -0.3 is 10.1 Å². The van der Waals surface area contributed by atoms with Crippen molar-refractivity contribution in [3.05, 3.63) is 64.2 Å². The SMILES string of the molecule is COc1ccc([C@@H](CNC(=O)c2cc(F)c(F)cc2Cl)N2CCCC2)cc1. The van der Waals surface area contributed by atoms with Gasteiger partial charge in [-0.1, -0.05) is 23.7 Å². The number of benzene rings is 2. The van der Waals surface area contributed by atoms with Crippen molar-refractivity contribution in [1.29, 1.82) is 0 Å². The molecule has 1 saturated heterocycles. The van der Waals surface area contributed by atoms with E-state index in [1.54, 1.807) is 7.11 Å². The first-order chi connectivity index (χ1) is 13.0. The van der Waals surface area contributed by atoms with Crippen molar-refractivity contribution in [2.45, 2.75) is 18.9 Å². The summed E-state index contributed by atoms with van der Waals surface area (Å²) in [5.74, 6) is -1.95. The van der Waals surface area contributed by atoms with Gasteiger partial charge in [0.25, 0.3) is 5.91 Å². The fraction of sp³-hybridized carbons (Fsp3) is 0.350. The monoisotopic (exact) mass is 394 g/mol. The number of rotatable bonds is 6. The molecule has 7 heteroatoms. The van der Waals surface area contributed by atoms with Crippen LogP contribution in [0.15, 0.2) is 36.4 Å². The van der Waals surface area contributed by atoms with Crippen LogP contribution in [0.4, 0.5) is 8.78 Å². The molecule has 1 atom stereocenters. The van der Waals surface area contributed by atoms with Gasteiger partial charge in [0.2, 0.25) is 0 Å². The summed E-state index contributed by atoms with van der Waals surface area (Å²) in [6.45, 7) is 2.22. The van der Waals surface area contributed by atoms with Crippen molar-refractivity contribution < 1.29 is 18.3 Å². The minimum Gasteiger partial charge on any atom is -0.497 e. The highest BCUT2D eigenvalue weighted by Gasteiger charge is 2.25. The fourth-order valence-corrected chi connectivity index (χ4v) is 3.55. The Hall–Kier alpha value is -2.18. The lowest BCUT2D eigenvalue weighted by Gasteiger charge is -2.28. The Morgan fingerprint density at radius 1 is 1.19 bits per heavy atom. The Labute approximate surface area is 162 Å². The molecule has 1 heterocycles. The summed E-state index contributed by atoms with van der Waals surface area (Å²) in [6.07, 6.45) is 2.21. The van der Waals surface area contributed by atoms with Crippen molar-refractivity contribution in [3.63, 3.8) is 0 Å². The third-order valence-electron chi connectivity index (χ3n) is 4.79. The van der Waals surface area contributed by atoms with Crippen molar-refractivity contribution in [2.75, 3.05) is 26.7 Å². The molecule has 1 fully saturated rings. The topological polar surface area (TPSA) is 41.6 Å². The zero-order chi connectivity index (χ0) is 19.4. The van der Waals surface area contributed by atoms with Crippen LogP contribution >= 0.6 is 11.6 Å². The summed E-state index contributed by atoms with van der Waals surface area (Å²) in [5, 5.41) is 2.69. The van der Waals surface area contributed by atoms with Crippen molar-refractivity contribution >= 4 is 17.5 Å². The molecule has 0 bridgehead atoms. The average Bonchev–Trinajstić information content (AvgIpc) is 3.19. The van der Waals surface area contributed by atoms with Crippen LogP contribution in [-0.4, -0.2) is 37.6 Å². The van der Waals surface area contributed by atoms with Crippen LogP contribution in [0.2, 0.25) is 5.02 Å². The molecule has 3 rings (SSSR count). The Balaban J connectivity index is 1.76. The zero-order valence-corrected chi connectivity index (χ0v) is 15.7. The lowest BCUT2D eigenvalue weighted by atomic mass is 10.0. The molecule has 0 aromatic heterocycles. The standard InChI is InChI=1S/C20H21ClF2N2O2/c1-27-14-6-4-13(5-7-14)19(25-8-2-3-9-25)12-24-20(26)15-10-17(22)18(23)11-16(15)21/h4-7,10-11,19H,2-3,8-9,12H2,1H3,(H,24,26)/t19-/m1/s1. The predicted molar refractivity (Wildman–Crippen MR) is 100 cm³/mol. The van der Waals surface area contributed by atoms with E-state index in [1.165, 1.54) is 0 Å². The molecule has 0 spiro atoms. The molecule has 1 amide bonds. The first kappa shape index (κ1) is 19.6. The van der Waals surface area contributed by atoms with Gasteiger partial charge >= 0.3 is 0 Å². The maximum Gasteiger partial charge on any atom is 0.252 e. The number of methoxy groups -OCH3 is 1. The molecule has 0 unspecified atom stereocenters. The maximum atomic E-state index is 13.5. The second-order valence-electron chi connectivity index (χ2n) is 6.49. The number of hydrogen-bond acceptors (Lipinski definition) is 3. The van der Waals surface area contributed by atoms with Gasteiger partial charge in [0, 0.05) is 6.54 Å². The molecule has 1 aliphatic rings. The van der Waals surface area contributed by atoms with Crippen LogP contribution in [0.1, 0.15) is 34.8 Å². The van der Waals surface area contributed by atoms with E-state index in [0.29, 0.717) is 6.54 Å². The summed E-state index contributed by atoms with van der Waals surface area (Å²) in [6, 6.07) is 9.32. The van der Waals surface area contributed by atoms with Gasteiger partial charge in [0.1, 0.15) is 5.75 Å². The minimum atomic E-state index is -1.10. The quantitative estimate of drug-likeness (QED) is 0.747. The summed E-state index contributed by atoms with van der Waals surface area (Å²) >= 11 is 5.90. The highest BCUT2D eigenvalue weighted by Crippen LogP contribution is 2.27. The third kappa shape index (κ3) is 4.57. The van der Waals surface area contributed by atoms with Crippen LogP contribution in [0, 0.1) is 11.6 Å². The Bertz CT molecular complexity index is 808. The van der Waals surface area contributed by atoms with E-state index in [0.717, 1.165) is 49.4 Å². The van der Waals surface area contributed by atoms with Gasteiger partial charge in [0.05, 0.1) is 23.7 Å². The van der Waals surface area contributed by atoms with E-state index in [9.17, 15) is 13.6 Å². The summed E-state index contributed by atoms with van der Waals surface area (Å²) in [5.41, 5.74) is 0.972. The van der Waals surface area contributed by atoms with Gasteiger partial charge in [-0.2, -0.15) is 0 Å². The molecule has 2 aromatic rings. The number of carbonyl (C=O) groups is 1. The van der Waals surface area contributed by atoms with Crippen LogP contribution in [0.3, 0.4) is 0 Å². The van der Waals surface area contributed by atoms with Crippen LogP contribution in [0.25, 0.3) is 0 Å². The molecule has 0 saturated carbocycles. The summed E-state index contributed by atoms with van der Waals surface area (Å²) < 4.78 is 31.9. The first-order valence-corrected chi connectivity index (χ1v) is 9.18. The maximum absolute atomic E-state index is 13.5. The molecule has 0 aliphatic carbocycles. The number of hydrogen-bond donors (Lipinski definition) is 1. The molecular formula is C20H21ClF2N2O2. The number of ether oxygens (including phenoxy) is 1. The Morgan fingerprint density at radius 2 is 1.81 bits per heavy atom. The molecule has 144 valence electrons. The number of nitrogens with one attached hydrogen (secondary N) is 1. The molecule has 2 aromatic carbocycles. The van der Waals surface area contributed by atoms with Crippen molar-refractivity contribution in [1.82, 2.24) is 10.2 Å². The van der Waals surface area contributed by atoms with E-state index in [4.69, 9.17) is 16.3 Å². The third-order valence-corrected chi connectivity index (χ3v) is 5.11. The normalized spacial score (nSPS) is 15.6. The molecule has 1 N–H and O–H groups in total. The number of amides is 1. The largest absolute Gasteiger partial charge is 0.497 e. The van der Waals surface area contributed by atoms with Gasteiger partial charge in [0.15, 0.2) is 11.6 Å². The molecule has 1 aliphatic heterocycles. The van der Waals surface area contributed by atoms with Crippen molar-refractivity contribution in [2.24, 2.45) is 0 Å². The molecule has 4 nitrogen and oxygen atoms in total. The molecule has 0 radical (unpaired) electrons. The lowest BCUT2D eigenvalue weighted by molar-refractivity contribution is 0.0937. The van der Waals surface area contributed by atoms with Gasteiger partial charge in [-0.05, 0) is 55.8 Å². The summed E-state index contributed by atoms with van der Waals surface area (Å²) in [7, 11) is 1.61. The van der Waals surface area contributed by atoms with Gasteiger partial charge in [-0.25, -0.2) is 8.78 Å². The van der Waals surface area contributed by atoms with E-state index in [-0.39, 0.29) is 16.6 Å². The van der Waals surface area contributed by atoms with Crippen LogP contribution < -0.4 is 10.1 Å². The van der Waals surface area contributed by atoms with E-state index >= 15 is 0 Å². The lowest BCUT2D eigenvalue weighted by Crippen LogP contribution is -2.37. The highest BCUT2D eigenvalue weighted by molar-refractivity contribution is 6.33. The second-order valence-corrected chi connectivity index (χ2v) is 6.90. The van der Waals surface area contributed by atoms with Gasteiger partial charge in [-0.15, -0.1) is 0 Å². The Kier molecular flexibility index (Phi) is 6.29. The van der Waals surface area contributed by atoms with Crippen molar-refractivity contribution in [3.8, 4) is 5.75 Å². The van der Waals surface area contributed by atoms with Gasteiger partial charge in [-0.3, -0.25) is 9.69 Å². The second kappa shape index (κ2) is 8.67. The Morgan fingerprint density at radius 3 is 2.44 bits per heavy atom.